The molecule has 1 saturated heterocycles. The molecule has 5 heteroatoms. The topological polar surface area (TPSA) is 41.1 Å². The molecule has 1 fully saturated rings. The van der Waals surface area contributed by atoms with Crippen LogP contribution in [0.3, 0.4) is 0 Å². The van der Waals surface area contributed by atoms with Crippen LogP contribution in [0.2, 0.25) is 5.15 Å². The summed E-state index contributed by atoms with van der Waals surface area (Å²) in [5.74, 6) is 0. The maximum absolute atomic E-state index is 5.70. The number of nitrogens with zero attached hydrogens (tertiary/aromatic N) is 3. The first-order chi connectivity index (χ1) is 7.75. The summed E-state index contributed by atoms with van der Waals surface area (Å²) in [6.07, 6.45) is 5.85. The zero-order valence-corrected chi connectivity index (χ0v) is 10.2. The molecule has 1 aromatic rings. The van der Waals surface area contributed by atoms with Crippen molar-refractivity contribution in [2.75, 3.05) is 20.1 Å². The van der Waals surface area contributed by atoms with Crippen molar-refractivity contribution in [2.45, 2.75) is 25.4 Å². The Morgan fingerprint density at radius 3 is 3.00 bits per heavy atom. The second-order valence-corrected chi connectivity index (χ2v) is 4.63. The molecule has 1 unspecified atom stereocenters. The van der Waals surface area contributed by atoms with E-state index in [-0.39, 0.29) is 0 Å². The molecule has 4 nitrogen and oxygen atoms in total. The first-order valence-electron chi connectivity index (χ1n) is 5.63. The molecule has 1 aromatic heterocycles. The van der Waals surface area contributed by atoms with Gasteiger partial charge < -0.3 is 5.32 Å². The fourth-order valence-electron chi connectivity index (χ4n) is 2.01. The molecule has 1 aliphatic rings. The number of rotatable bonds is 3. The van der Waals surface area contributed by atoms with Crippen LogP contribution in [0, 0.1) is 0 Å². The molecule has 88 valence electrons. The summed E-state index contributed by atoms with van der Waals surface area (Å²) < 4.78 is 0. The third kappa shape index (κ3) is 3.14. The molecule has 1 aliphatic heterocycles. The van der Waals surface area contributed by atoms with Crippen LogP contribution < -0.4 is 5.32 Å². The molecule has 0 amide bonds. The highest BCUT2D eigenvalue weighted by Crippen LogP contribution is 2.11. The molecular formula is C11H17ClN4. The van der Waals surface area contributed by atoms with E-state index in [4.69, 9.17) is 11.6 Å². The van der Waals surface area contributed by atoms with E-state index in [1.54, 1.807) is 12.4 Å². The second-order valence-electron chi connectivity index (χ2n) is 4.25. The Morgan fingerprint density at radius 1 is 1.50 bits per heavy atom. The quantitative estimate of drug-likeness (QED) is 0.865. The van der Waals surface area contributed by atoms with E-state index in [2.05, 4.69) is 27.2 Å². The molecule has 0 radical (unpaired) electrons. The summed E-state index contributed by atoms with van der Waals surface area (Å²) in [7, 11) is 2.13. The molecule has 16 heavy (non-hydrogen) atoms. The molecule has 2 heterocycles. The molecule has 0 bridgehead atoms. The third-order valence-corrected chi connectivity index (χ3v) is 3.17. The Morgan fingerprint density at radius 2 is 2.38 bits per heavy atom. The minimum absolute atomic E-state index is 0.450. The predicted octanol–water partition coefficient (Wildman–Crippen LogP) is 1.31. The van der Waals surface area contributed by atoms with Gasteiger partial charge in [-0.05, 0) is 26.4 Å². The smallest absolute Gasteiger partial charge is 0.147 e. The van der Waals surface area contributed by atoms with E-state index in [1.807, 2.05) is 0 Å². The van der Waals surface area contributed by atoms with Gasteiger partial charge in [-0.25, -0.2) is 4.98 Å². The average Bonchev–Trinajstić information content (AvgIpc) is 2.33. The molecule has 0 aliphatic carbocycles. The highest BCUT2D eigenvalue weighted by Gasteiger charge is 2.17. The van der Waals surface area contributed by atoms with Gasteiger partial charge in [0.15, 0.2) is 0 Å². The summed E-state index contributed by atoms with van der Waals surface area (Å²) in [5, 5.41) is 3.86. The number of nitrogens with one attached hydrogen (secondary N) is 1. The second kappa shape index (κ2) is 5.57. The average molecular weight is 241 g/mol. The summed E-state index contributed by atoms with van der Waals surface area (Å²) >= 11 is 5.70. The van der Waals surface area contributed by atoms with Gasteiger partial charge >= 0.3 is 0 Å². The fourth-order valence-corrected chi connectivity index (χ4v) is 2.11. The van der Waals surface area contributed by atoms with Crippen molar-refractivity contribution in [2.24, 2.45) is 0 Å². The first kappa shape index (κ1) is 11.8. The first-order valence-corrected chi connectivity index (χ1v) is 6.01. The predicted molar refractivity (Wildman–Crippen MR) is 64.4 cm³/mol. The monoisotopic (exact) mass is 240 g/mol. The van der Waals surface area contributed by atoms with Gasteiger partial charge in [-0.1, -0.05) is 11.6 Å². The van der Waals surface area contributed by atoms with Gasteiger partial charge in [-0.2, -0.15) is 0 Å². The van der Waals surface area contributed by atoms with E-state index < -0.39 is 0 Å². The fraction of sp³-hybridized carbons (Fsp3) is 0.636. The standard InChI is InChI=1S/C11H17ClN4/c1-16(10-3-2-4-13-6-10)8-9-5-15-11(12)7-14-9/h5,7,10,13H,2-4,6,8H2,1H3. The summed E-state index contributed by atoms with van der Waals surface area (Å²) in [6.45, 7) is 3.04. The minimum Gasteiger partial charge on any atom is -0.315 e. The Labute approximate surface area is 101 Å². The van der Waals surface area contributed by atoms with Crippen molar-refractivity contribution < 1.29 is 0 Å². The van der Waals surface area contributed by atoms with Gasteiger partial charge in [0.25, 0.3) is 0 Å². The van der Waals surface area contributed by atoms with Gasteiger partial charge in [-0.15, -0.1) is 0 Å². The van der Waals surface area contributed by atoms with Crippen molar-refractivity contribution in [3.8, 4) is 0 Å². The summed E-state index contributed by atoms with van der Waals surface area (Å²) in [4.78, 5) is 10.6. The molecule has 1 N–H and O–H groups in total. The highest BCUT2D eigenvalue weighted by molar-refractivity contribution is 6.29. The van der Waals surface area contributed by atoms with Crippen LogP contribution in [-0.4, -0.2) is 41.0 Å². The van der Waals surface area contributed by atoms with Crippen LogP contribution >= 0.6 is 11.6 Å². The van der Waals surface area contributed by atoms with Gasteiger partial charge in [0.05, 0.1) is 18.1 Å². The van der Waals surface area contributed by atoms with Gasteiger partial charge in [-0.3, -0.25) is 9.88 Å². The Kier molecular flexibility index (Phi) is 4.09. The Hall–Kier alpha value is -0.710. The van der Waals surface area contributed by atoms with E-state index in [0.717, 1.165) is 25.3 Å². The van der Waals surface area contributed by atoms with Crippen molar-refractivity contribution in [1.29, 1.82) is 0 Å². The van der Waals surface area contributed by atoms with Crippen LogP contribution in [0.25, 0.3) is 0 Å². The van der Waals surface area contributed by atoms with Crippen LogP contribution in [0.4, 0.5) is 0 Å². The maximum atomic E-state index is 5.70. The molecule has 2 rings (SSSR count). The minimum atomic E-state index is 0.450. The number of piperidine rings is 1. The van der Waals surface area contributed by atoms with E-state index >= 15 is 0 Å². The number of hydrogen-bond donors (Lipinski definition) is 1. The van der Waals surface area contributed by atoms with Crippen molar-refractivity contribution in [3.63, 3.8) is 0 Å². The zero-order chi connectivity index (χ0) is 11.4. The Balaban J connectivity index is 1.90. The SMILES string of the molecule is CN(Cc1cnc(Cl)cn1)C1CCCNC1. The van der Waals surface area contributed by atoms with Gasteiger partial charge in [0.2, 0.25) is 0 Å². The molecule has 0 aromatic carbocycles. The number of halogens is 1. The van der Waals surface area contributed by atoms with E-state index in [0.29, 0.717) is 11.2 Å². The van der Waals surface area contributed by atoms with Crippen LogP contribution in [0.15, 0.2) is 12.4 Å². The van der Waals surface area contributed by atoms with E-state index in [1.165, 1.54) is 12.8 Å². The van der Waals surface area contributed by atoms with Crippen molar-refractivity contribution in [3.05, 3.63) is 23.2 Å². The number of hydrogen-bond acceptors (Lipinski definition) is 4. The summed E-state index contributed by atoms with van der Waals surface area (Å²) in [5.41, 5.74) is 0.970. The van der Waals surface area contributed by atoms with Crippen LogP contribution in [0.5, 0.6) is 0 Å². The lowest BCUT2D eigenvalue weighted by atomic mass is 10.1. The van der Waals surface area contributed by atoms with Crippen LogP contribution in [-0.2, 0) is 6.54 Å². The summed E-state index contributed by atoms with van der Waals surface area (Å²) in [6, 6.07) is 0.603. The van der Waals surface area contributed by atoms with Gasteiger partial charge in [0, 0.05) is 19.1 Å². The molecule has 1 atom stereocenters. The maximum Gasteiger partial charge on any atom is 0.147 e. The Bertz CT molecular complexity index is 321. The number of likely N-dealkylation sites (N-methyl/N-ethyl adjacent to an activating group) is 1. The molecule has 0 spiro atoms. The van der Waals surface area contributed by atoms with E-state index in [9.17, 15) is 0 Å². The normalized spacial score (nSPS) is 21.3. The lowest BCUT2D eigenvalue weighted by molar-refractivity contribution is 0.194. The van der Waals surface area contributed by atoms with Crippen LogP contribution in [0.1, 0.15) is 18.5 Å². The zero-order valence-electron chi connectivity index (χ0n) is 9.49. The van der Waals surface area contributed by atoms with Crippen molar-refractivity contribution in [1.82, 2.24) is 20.2 Å². The van der Waals surface area contributed by atoms with Crippen molar-refractivity contribution >= 4 is 11.6 Å². The number of aromatic nitrogens is 2. The molecular weight excluding hydrogens is 224 g/mol. The lowest BCUT2D eigenvalue weighted by Gasteiger charge is -2.31. The highest BCUT2D eigenvalue weighted by atomic mass is 35.5. The third-order valence-electron chi connectivity index (χ3n) is 2.98. The molecule has 0 saturated carbocycles. The largest absolute Gasteiger partial charge is 0.315 e. The lowest BCUT2D eigenvalue weighted by Crippen LogP contribution is -2.43. The van der Waals surface area contributed by atoms with Gasteiger partial charge in [0.1, 0.15) is 5.15 Å².